The molecule has 0 bridgehead atoms. The predicted molar refractivity (Wildman–Crippen MR) is 128 cm³/mol. The van der Waals surface area contributed by atoms with Crippen molar-refractivity contribution in [2.24, 2.45) is 0 Å². The number of benzene rings is 4. The number of allylic oxidation sites excluding steroid dienone is 2. The van der Waals surface area contributed by atoms with Crippen LogP contribution in [-0.4, -0.2) is 0 Å². The van der Waals surface area contributed by atoms with Crippen molar-refractivity contribution < 1.29 is 48.0 Å². The van der Waals surface area contributed by atoms with Crippen LogP contribution in [0.15, 0.2) is 120 Å². The molecule has 0 nitrogen and oxygen atoms in total. The second-order valence-corrected chi connectivity index (χ2v) is 12.6. The van der Waals surface area contributed by atoms with Gasteiger partial charge < -0.3 is 24.8 Å². The van der Waals surface area contributed by atoms with Gasteiger partial charge in [0.05, 0.1) is 0 Å². The van der Waals surface area contributed by atoms with Crippen molar-refractivity contribution in [3.05, 3.63) is 154 Å². The molecule has 0 N–H and O–H groups in total. The third-order valence-corrected chi connectivity index (χ3v) is 12.2. The van der Waals surface area contributed by atoms with Gasteiger partial charge >= 0.3 is 202 Å². The van der Waals surface area contributed by atoms with E-state index in [4.69, 9.17) is 0 Å². The van der Waals surface area contributed by atoms with Crippen LogP contribution in [0.4, 0.5) is 0 Å². The minimum atomic E-state index is -0.827. The Morgan fingerprint density at radius 3 is 1.29 bits per heavy atom. The molecule has 1 saturated heterocycles. The minimum Gasteiger partial charge on any atom is -1.00 e. The van der Waals surface area contributed by atoms with E-state index in [1.54, 1.807) is 22.3 Å². The molecule has 3 aliphatic rings. The van der Waals surface area contributed by atoms with E-state index >= 15 is 0 Å². The number of rotatable bonds is 2. The summed E-state index contributed by atoms with van der Waals surface area (Å²) in [6, 6.07) is 40.8. The van der Waals surface area contributed by atoms with Gasteiger partial charge in [0, 0.05) is 0 Å². The Labute approximate surface area is 225 Å². The van der Waals surface area contributed by atoms with Gasteiger partial charge in [0.2, 0.25) is 0 Å². The van der Waals surface area contributed by atoms with Crippen LogP contribution in [-0.2, 0) is 28.6 Å². The monoisotopic (exact) mass is 554 g/mol. The van der Waals surface area contributed by atoms with Crippen molar-refractivity contribution >= 4 is 12.2 Å². The normalized spacial score (nSPS) is 19.9. The molecule has 1 fully saturated rings. The van der Waals surface area contributed by atoms with E-state index in [1.807, 2.05) is 0 Å². The molecule has 0 radical (unpaired) electrons. The Morgan fingerprint density at radius 1 is 0.471 bits per heavy atom. The van der Waals surface area contributed by atoms with Crippen LogP contribution in [0.2, 0.25) is 0 Å². The largest absolute Gasteiger partial charge is 1.00 e. The summed E-state index contributed by atoms with van der Waals surface area (Å²) in [7, 11) is 0. The SMILES string of the molecule is C1=C2[CH]([Zr+2][CH]3C(=Cc4ccccc43)C2(c2ccccc2)c2ccccc2)c2ccccc21.[Cl-].[Cl-]. The van der Waals surface area contributed by atoms with Crippen molar-refractivity contribution in [2.45, 2.75) is 12.7 Å². The van der Waals surface area contributed by atoms with Crippen molar-refractivity contribution in [1.29, 1.82) is 0 Å². The summed E-state index contributed by atoms with van der Waals surface area (Å²) in [5, 5.41) is 0. The first kappa shape index (κ1) is 23.6. The fraction of sp³-hybridized carbons (Fsp3) is 0.0968. The molecule has 0 spiro atoms. The Morgan fingerprint density at radius 2 is 0.853 bits per heavy atom. The van der Waals surface area contributed by atoms with Gasteiger partial charge in [-0.2, -0.15) is 0 Å². The smallest absolute Gasteiger partial charge is 1.00 e. The third-order valence-electron chi connectivity index (χ3n) is 7.47. The average molecular weight is 557 g/mol. The number of halogens is 2. The molecule has 2 aliphatic carbocycles. The fourth-order valence-corrected chi connectivity index (χ4v) is 11.6. The molecular weight excluding hydrogens is 534 g/mol. The van der Waals surface area contributed by atoms with Crippen LogP contribution < -0.4 is 24.8 Å². The molecule has 4 aromatic carbocycles. The molecule has 3 heteroatoms. The molecule has 1 aliphatic heterocycles. The van der Waals surface area contributed by atoms with Gasteiger partial charge in [-0.05, 0) is 0 Å². The van der Waals surface area contributed by atoms with Crippen molar-refractivity contribution in [2.75, 3.05) is 0 Å². The molecule has 164 valence electrons. The maximum absolute atomic E-state index is 2.54. The zero-order chi connectivity index (χ0) is 21.1. The number of hydrogen-bond acceptors (Lipinski definition) is 0. The van der Waals surface area contributed by atoms with E-state index in [-0.39, 0.29) is 30.2 Å². The Balaban J connectivity index is 0.00000120. The van der Waals surface area contributed by atoms with Crippen LogP contribution in [0.1, 0.15) is 40.6 Å². The second kappa shape index (κ2) is 9.12. The molecule has 0 saturated carbocycles. The van der Waals surface area contributed by atoms with Crippen LogP contribution in [0.25, 0.3) is 12.2 Å². The summed E-state index contributed by atoms with van der Waals surface area (Å²) in [4.78, 5) is 0. The first-order chi connectivity index (χ1) is 15.9. The second-order valence-electron chi connectivity index (χ2n) is 8.97. The summed E-state index contributed by atoms with van der Waals surface area (Å²) in [6.07, 6.45) is 5.09. The number of fused-ring (bicyclic) bond motifs is 6. The van der Waals surface area contributed by atoms with E-state index < -0.39 is 23.2 Å². The van der Waals surface area contributed by atoms with Crippen molar-refractivity contribution in [3.63, 3.8) is 0 Å². The molecule has 34 heavy (non-hydrogen) atoms. The summed E-state index contributed by atoms with van der Waals surface area (Å²) < 4.78 is 1.20. The van der Waals surface area contributed by atoms with Gasteiger partial charge in [0.15, 0.2) is 0 Å². The van der Waals surface area contributed by atoms with E-state index in [0.29, 0.717) is 7.25 Å². The van der Waals surface area contributed by atoms with Crippen molar-refractivity contribution in [1.82, 2.24) is 0 Å². The van der Waals surface area contributed by atoms with Gasteiger partial charge in [-0.1, -0.05) is 0 Å². The van der Waals surface area contributed by atoms with Crippen LogP contribution in [0.5, 0.6) is 0 Å². The Kier molecular flexibility index (Phi) is 6.32. The summed E-state index contributed by atoms with van der Waals surface area (Å²) in [5.74, 6) is 0. The Hall–Kier alpha value is -2.18. The average Bonchev–Trinajstić information content (AvgIpc) is 3.42. The maximum Gasteiger partial charge on any atom is -1.00 e. The van der Waals surface area contributed by atoms with Crippen LogP contribution >= 0.6 is 0 Å². The van der Waals surface area contributed by atoms with E-state index in [1.165, 1.54) is 22.3 Å². The summed E-state index contributed by atoms with van der Waals surface area (Å²) in [5.41, 5.74) is 11.8. The first-order valence-electron chi connectivity index (χ1n) is 11.4. The van der Waals surface area contributed by atoms with Crippen molar-refractivity contribution in [3.8, 4) is 0 Å². The molecular formula is C31H22Cl2Zr. The topological polar surface area (TPSA) is 0 Å². The maximum atomic E-state index is 2.54. The molecule has 2 atom stereocenters. The first-order valence-corrected chi connectivity index (χ1v) is 14.2. The van der Waals surface area contributed by atoms with Gasteiger partial charge in [-0.15, -0.1) is 0 Å². The quantitative estimate of drug-likeness (QED) is 0.350. The molecule has 4 aromatic rings. The van der Waals surface area contributed by atoms with E-state index in [9.17, 15) is 0 Å². The minimum absolute atomic E-state index is 0. The standard InChI is InChI=1S/C31H22.2ClH.Zr/c1-3-15-27(16-4-1)31(28-17-5-2-6-18-28,29-19-23-11-7-8-12-24(23)20-29)30-21-25-13-9-10-14-26(25)22-30;;;/h1-22H;2*1H;/q;;;+2/p-2. The molecule has 0 amide bonds. The zero-order valence-electron chi connectivity index (χ0n) is 18.5. The molecule has 0 aromatic heterocycles. The zero-order valence-corrected chi connectivity index (χ0v) is 22.4. The summed E-state index contributed by atoms with van der Waals surface area (Å²) in [6.45, 7) is 0. The van der Waals surface area contributed by atoms with E-state index in [2.05, 4.69) is 121 Å². The Bertz CT molecular complexity index is 1300. The fourth-order valence-electron chi connectivity index (χ4n) is 6.20. The molecule has 1 heterocycles. The molecule has 7 rings (SSSR count). The van der Waals surface area contributed by atoms with Crippen LogP contribution in [0.3, 0.4) is 0 Å². The van der Waals surface area contributed by atoms with Gasteiger partial charge in [0.1, 0.15) is 0 Å². The van der Waals surface area contributed by atoms with E-state index in [0.717, 1.165) is 0 Å². The third kappa shape index (κ3) is 3.21. The summed E-state index contributed by atoms with van der Waals surface area (Å²) >= 11 is -0.827. The molecule has 2 unspecified atom stereocenters. The number of hydrogen-bond donors (Lipinski definition) is 0. The van der Waals surface area contributed by atoms with Gasteiger partial charge in [-0.3, -0.25) is 0 Å². The van der Waals surface area contributed by atoms with Gasteiger partial charge in [0.25, 0.3) is 0 Å². The predicted octanol–water partition coefficient (Wildman–Crippen LogP) is 1.35. The van der Waals surface area contributed by atoms with Crippen LogP contribution in [0, 0.1) is 0 Å². The van der Waals surface area contributed by atoms with Gasteiger partial charge in [-0.25, -0.2) is 0 Å².